The van der Waals surface area contributed by atoms with Gasteiger partial charge in [-0.1, -0.05) is 69.5 Å². The number of aryl methyl sites for hydroxylation is 1. The number of amides is 1. The Bertz CT molecular complexity index is 1580. The Hall–Kier alpha value is -3.33. The molecule has 0 bridgehead atoms. The number of aromatic nitrogens is 3. The number of thiocarbonyl (C=S) groups is 1. The second-order valence-corrected chi connectivity index (χ2v) is 9.36. The third kappa shape index (κ3) is 4.40. The molecule has 34 heavy (non-hydrogen) atoms. The van der Waals surface area contributed by atoms with Crippen LogP contribution in [0.15, 0.2) is 77.3 Å². The maximum absolute atomic E-state index is 12.9. The van der Waals surface area contributed by atoms with E-state index in [4.69, 9.17) is 23.8 Å². The van der Waals surface area contributed by atoms with E-state index in [-0.39, 0.29) is 11.0 Å². The molecule has 1 aromatic heterocycles. The Morgan fingerprint density at radius 3 is 2.41 bits per heavy atom. The molecular weight excluding hydrogens is 534 g/mol. The number of rotatable bonds is 3. The van der Waals surface area contributed by atoms with Gasteiger partial charge < -0.3 is 5.32 Å². The molecule has 5 rings (SSSR count). The molecule has 0 spiro atoms. The van der Waals surface area contributed by atoms with Gasteiger partial charge in [0.1, 0.15) is 11.0 Å². The van der Waals surface area contributed by atoms with E-state index in [2.05, 4.69) is 36.8 Å². The molecule has 5 aromatic rings. The number of fused-ring (bicyclic) bond motifs is 2. The lowest BCUT2D eigenvalue weighted by Crippen LogP contribution is -2.34. The highest BCUT2D eigenvalue weighted by Gasteiger charge is 2.15. The lowest BCUT2D eigenvalue weighted by molar-refractivity contribution is 0.0979. The van der Waals surface area contributed by atoms with Gasteiger partial charge >= 0.3 is 0 Å². The van der Waals surface area contributed by atoms with Gasteiger partial charge in [0, 0.05) is 10.0 Å². The summed E-state index contributed by atoms with van der Waals surface area (Å²) in [6.45, 7) is 2.02. The largest absolute Gasteiger partial charge is 0.331 e. The van der Waals surface area contributed by atoms with Gasteiger partial charge in [-0.25, -0.2) is 0 Å². The van der Waals surface area contributed by atoms with Crippen LogP contribution in [0, 0.1) is 6.92 Å². The molecule has 1 amide bonds. The molecular formula is C25H17BrClN5OS. The molecule has 1 heterocycles. The molecule has 0 saturated heterocycles. The number of carbonyl (C=O) groups is 1. The van der Waals surface area contributed by atoms with E-state index in [1.54, 1.807) is 23.0 Å². The second-order valence-electron chi connectivity index (χ2n) is 7.69. The number of benzene rings is 4. The number of anilines is 1. The Kier molecular flexibility index (Phi) is 6.03. The van der Waals surface area contributed by atoms with Gasteiger partial charge in [0.2, 0.25) is 0 Å². The van der Waals surface area contributed by atoms with Gasteiger partial charge in [-0.2, -0.15) is 4.80 Å². The first-order valence-corrected chi connectivity index (χ1v) is 11.9. The topological polar surface area (TPSA) is 71.8 Å². The summed E-state index contributed by atoms with van der Waals surface area (Å²) in [5.41, 5.74) is 4.33. The number of nitrogens with zero attached hydrogens (tertiary/aromatic N) is 3. The van der Waals surface area contributed by atoms with Crippen LogP contribution >= 0.6 is 39.7 Å². The molecule has 4 aromatic carbocycles. The van der Waals surface area contributed by atoms with Gasteiger partial charge in [0.05, 0.1) is 16.4 Å². The minimum atomic E-state index is -0.316. The van der Waals surface area contributed by atoms with Crippen molar-refractivity contribution < 1.29 is 4.79 Å². The van der Waals surface area contributed by atoms with Crippen molar-refractivity contribution in [2.24, 2.45) is 0 Å². The van der Waals surface area contributed by atoms with Crippen molar-refractivity contribution in [3.63, 3.8) is 0 Å². The van der Waals surface area contributed by atoms with Crippen molar-refractivity contribution in [1.29, 1.82) is 0 Å². The predicted molar refractivity (Wildman–Crippen MR) is 144 cm³/mol. The van der Waals surface area contributed by atoms with Gasteiger partial charge in [-0.05, 0) is 66.3 Å². The zero-order chi connectivity index (χ0) is 23.8. The van der Waals surface area contributed by atoms with Crippen molar-refractivity contribution in [1.82, 2.24) is 20.3 Å². The molecule has 9 heteroatoms. The average molecular weight is 551 g/mol. The van der Waals surface area contributed by atoms with Crippen molar-refractivity contribution in [2.75, 3.05) is 5.32 Å². The van der Waals surface area contributed by atoms with Crippen molar-refractivity contribution >= 4 is 78.3 Å². The summed E-state index contributed by atoms with van der Waals surface area (Å²) < 4.78 is 0.916. The Morgan fingerprint density at radius 1 is 0.971 bits per heavy atom. The van der Waals surface area contributed by atoms with Crippen LogP contribution in [-0.4, -0.2) is 26.0 Å². The highest BCUT2D eigenvalue weighted by Crippen LogP contribution is 2.28. The van der Waals surface area contributed by atoms with Crippen LogP contribution in [-0.2, 0) is 0 Å². The van der Waals surface area contributed by atoms with E-state index >= 15 is 0 Å². The third-order valence-corrected chi connectivity index (χ3v) is 6.53. The molecule has 2 N–H and O–H groups in total. The normalized spacial score (nSPS) is 11.0. The van der Waals surface area contributed by atoms with Crippen molar-refractivity contribution in [2.45, 2.75) is 6.92 Å². The molecule has 0 fully saturated rings. The summed E-state index contributed by atoms with van der Waals surface area (Å²) in [4.78, 5) is 14.5. The Morgan fingerprint density at radius 2 is 1.65 bits per heavy atom. The number of halogens is 2. The maximum Gasteiger partial charge on any atom is 0.258 e. The van der Waals surface area contributed by atoms with Crippen LogP contribution < -0.4 is 10.6 Å². The number of carbonyl (C=O) groups excluding carboxylic acids is 1. The van der Waals surface area contributed by atoms with Crippen LogP contribution in [0.5, 0.6) is 0 Å². The van der Waals surface area contributed by atoms with Crippen molar-refractivity contribution in [3.8, 4) is 5.69 Å². The molecule has 0 aliphatic rings. The minimum Gasteiger partial charge on any atom is -0.331 e. The van der Waals surface area contributed by atoms with Crippen molar-refractivity contribution in [3.05, 3.63) is 93.4 Å². The molecule has 0 saturated carbocycles. The first-order valence-electron chi connectivity index (χ1n) is 10.3. The zero-order valence-electron chi connectivity index (χ0n) is 17.8. The number of hydrogen-bond acceptors (Lipinski definition) is 4. The maximum atomic E-state index is 12.9. The zero-order valence-corrected chi connectivity index (χ0v) is 21.0. The number of hydrogen-bond donors (Lipinski definition) is 2. The average Bonchev–Trinajstić information content (AvgIpc) is 3.22. The van der Waals surface area contributed by atoms with Gasteiger partial charge in [0.25, 0.3) is 5.91 Å². The van der Waals surface area contributed by atoms with Gasteiger partial charge in [-0.3, -0.25) is 10.1 Å². The molecule has 0 unspecified atom stereocenters. The predicted octanol–water partition coefficient (Wildman–Crippen LogP) is 6.42. The van der Waals surface area contributed by atoms with E-state index in [1.807, 2.05) is 61.5 Å². The smallest absolute Gasteiger partial charge is 0.258 e. The SMILES string of the molecule is Cc1ccc(-n2nc3cc(Cl)c(NC(=S)NC(=O)c4cccc5c(Br)cccc45)cc3n2)cc1. The third-order valence-electron chi connectivity index (χ3n) is 5.32. The van der Waals surface area contributed by atoms with Gasteiger partial charge in [0.15, 0.2) is 5.11 Å². The highest BCUT2D eigenvalue weighted by atomic mass is 79.9. The van der Waals surface area contributed by atoms with Crippen LogP contribution in [0.3, 0.4) is 0 Å². The van der Waals surface area contributed by atoms with E-state index in [9.17, 15) is 4.79 Å². The second kappa shape index (κ2) is 9.13. The van der Waals surface area contributed by atoms with E-state index in [0.717, 1.165) is 26.5 Å². The highest BCUT2D eigenvalue weighted by molar-refractivity contribution is 9.10. The van der Waals surface area contributed by atoms with E-state index < -0.39 is 0 Å². The fourth-order valence-electron chi connectivity index (χ4n) is 3.62. The summed E-state index contributed by atoms with van der Waals surface area (Å²) in [7, 11) is 0. The fourth-order valence-corrected chi connectivity index (χ4v) is 4.53. The van der Waals surface area contributed by atoms with E-state index in [1.165, 1.54) is 0 Å². The fraction of sp³-hybridized carbons (Fsp3) is 0.0400. The van der Waals surface area contributed by atoms with Gasteiger partial charge in [-0.15, -0.1) is 10.2 Å². The summed E-state index contributed by atoms with van der Waals surface area (Å²) >= 11 is 15.4. The quantitative estimate of drug-likeness (QED) is 0.254. The summed E-state index contributed by atoms with van der Waals surface area (Å²) in [5.74, 6) is -0.316. The Labute approximate surface area is 214 Å². The summed E-state index contributed by atoms with van der Waals surface area (Å²) in [6, 6.07) is 22.6. The molecule has 0 aliphatic heterocycles. The first-order chi connectivity index (χ1) is 16.4. The molecule has 6 nitrogen and oxygen atoms in total. The standard InChI is InChI=1S/C25H17BrClN5OS/c1-14-8-10-15(11-9-14)32-30-22-12-20(27)21(13-23(22)31-32)28-25(34)29-24(33)18-6-2-5-17-16(18)4-3-7-19(17)26/h2-13H,1H3,(H2,28,29,33,34). The van der Waals surface area contributed by atoms with Crippen LogP contribution in [0.1, 0.15) is 15.9 Å². The molecule has 0 atom stereocenters. The lowest BCUT2D eigenvalue weighted by Gasteiger charge is -2.12. The molecule has 0 radical (unpaired) electrons. The molecule has 0 aliphatic carbocycles. The minimum absolute atomic E-state index is 0.129. The first kappa shape index (κ1) is 22.5. The van der Waals surface area contributed by atoms with Crippen LogP contribution in [0.4, 0.5) is 5.69 Å². The van der Waals surface area contributed by atoms with Crippen LogP contribution in [0.25, 0.3) is 27.5 Å². The number of nitrogens with one attached hydrogen (secondary N) is 2. The van der Waals surface area contributed by atoms with E-state index in [0.29, 0.717) is 27.3 Å². The molecule has 168 valence electrons. The lowest BCUT2D eigenvalue weighted by atomic mass is 10.0. The summed E-state index contributed by atoms with van der Waals surface area (Å²) in [5, 5.41) is 17.1. The monoisotopic (exact) mass is 549 g/mol. The van der Waals surface area contributed by atoms with Crippen LogP contribution in [0.2, 0.25) is 5.02 Å². The Balaban J connectivity index is 1.37. The summed E-state index contributed by atoms with van der Waals surface area (Å²) in [6.07, 6.45) is 0.